The maximum Gasteiger partial charge on any atom is 0.219 e. The Morgan fingerprint density at radius 3 is 3.07 bits per heavy atom. The highest BCUT2D eigenvalue weighted by atomic mass is 16.5. The van der Waals surface area contributed by atoms with Gasteiger partial charge in [-0.05, 0) is 69.5 Å². The van der Waals surface area contributed by atoms with Crippen molar-refractivity contribution in [1.82, 2.24) is 20.5 Å². The van der Waals surface area contributed by atoms with Crippen LogP contribution in [0.4, 0.5) is 0 Å². The van der Waals surface area contributed by atoms with Crippen LogP contribution in [0.3, 0.4) is 0 Å². The molecule has 1 aromatic rings. The Morgan fingerprint density at radius 1 is 1.38 bits per heavy atom. The van der Waals surface area contributed by atoms with Crippen LogP contribution in [0.2, 0.25) is 0 Å². The Hall–Kier alpha value is -1.50. The monoisotopic (exact) mass is 402 g/mol. The molecule has 162 valence electrons. The molecule has 2 saturated heterocycles. The lowest BCUT2D eigenvalue weighted by atomic mass is 9.79. The smallest absolute Gasteiger partial charge is 0.219 e. The first-order valence-electron chi connectivity index (χ1n) is 11.3. The van der Waals surface area contributed by atoms with Crippen molar-refractivity contribution in [2.24, 2.45) is 11.8 Å². The van der Waals surface area contributed by atoms with Crippen molar-refractivity contribution >= 4 is 5.91 Å². The van der Waals surface area contributed by atoms with Crippen molar-refractivity contribution in [2.45, 2.75) is 64.6 Å². The fourth-order valence-electron chi connectivity index (χ4n) is 4.68. The summed E-state index contributed by atoms with van der Waals surface area (Å²) in [6.07, 6.45) is 8.94. The third kappa shape index (κ3) is 7.68. The standard InChI is InChI=1S/C23H38N4O2/c1-18(2)29-11-5-10-25-23(28)8-3-7-22-21-12-20(14-26-22)16-27(17-21)15-19-6-4-9-24-13-19/h4,6,9,13,18,20-22,26H,3,5,7-8,10-12,14-17H2,1-2H3,(H,25,28)/t20?,21?,22-/m1/s1. The van der Waals surface area contributed by atoms with Crippen LogP contribution in [0.1, 0.15) is 51.5 Å². The molecule has 0 saturated carbocycles. The third-order valence-corrected chi connectivity index (χ3v) is 6.03. The average Bonchev–Trinajstić information content (AvgIpc) is 2.70. The second-order valence-corrected chi connectivity index (χ2v) is 8.95. The second-order valence-electron chi connectivity index (χ2n) is 8.95. The van der Waals surface area contributed by atoms with E-state index in [1.54, 1.807) is 0 Å². The summed E-state index contributed by atoms with van der Waals surface area (Å²) in [4.78, 5) is 18.9. The summed E-state index contributed by atoms with van der Waals surface area (Å²) in [7, 11) is 0. The first-order chi connectivity index (χ1) is 14.1. The minimum Gasteiger partial charge on any atom is -0.379 e. The van der Waals surface area contributed by atoms with Crippen LogP contribution in [0.15, 0.2) is 24.5 Å². The summed E-state index contributed by atoms with van der Waals surface area (Å²) in [6.45, 7) is 9.90. The summed E-state index contributed by atoms with van der Waals surface area (Å²) >= 11 is 0. The van der Waals surface area contributed by atoms with Gasteiger partial charge in [-0.2, -0.15) is 0 Å². The summed E-state index contributed by atoms with van der Waals surface area (Å²) in [6, 6.07) is 4.73. The number of piperidine rings is 2. The minimum atomic E-state index is 0.171. The molecule has 3 atom stereocenters. The Balaban J connectivity index is 1.33. The average molecular weight is 403 g/mol. The van der Waals surface area contributed by atoms with E-state index in [2.05, 4.69) is 26.6 Å². The predicted octanol–water partition coefficient (Wildman–Crippen LogP) is 2.59. The lowest BCUT2D eigenvalue weighted by molar-refractivity contribution is -0.121. The van der Waals surface area contributed by atoms with Gasteiger partial charge in [-0.15, -0.1) is 0 Å². The van der Waals surface area contributed by atoms with E-state index in [1.807, 2.05) is 32.3 Å². The number of rotatable bonds is 11. The van der Waals surface area contributed by atoms with Gasteiger partial charge in [0.1, 0.15) is 0 Å². The van der Waals surface area contributed by atoms with Gasteiger partial charge in [-0.1, -0.05) is 6.07 Å². The molecular weight excluding hydrogens is 364 g/mol. The zero-order chi connectivity index (χ0) is 20.5. The van der Waals surface area contributed by atoms with Gasteiger partial charge in [0.2, 0.25) is 5.91 Å². The number of likely N-dealkylation sites (tertiary alicyclic amines) is 1. The van der Waals surface area contributed by atoms with Gasteiger partial charge >= 0.3 is 0 Å². The molecule has 2 unspecified atom stereocenters. The summed E-state index contributed by atoms with van der Waals surface area (Å²) in [5, 5.41) is 6.78. The van der Waals surface area contributed by atoms with Gasteiger partial charge in [0.25, 0.3) is 0 Å². The highest BCUT2D eigenvalue weighted by Gasteiger charge is 2.36. The molecule has 3 rings (SSSR count). The number of fused-ring (bicyclic) bond motifs is 2. The molecule has 2 bridgehead atoms. The lowest BCUT2D eigenvalue weighted by Gasteiger charge is -2.46. The predicted molar refractivity (Wildman–Crippen MR) is 115 cm³/mol. The van der Waals surface area contributed by atoms with Crippen molar-refractivity contribution in [3.05, 3.63) is 30.1 Å². The summed E-state index contributed by atoms with van der Waals surface area (Å²) < 4.78 is 5.50. The second kappa shape index (κ2) is 11.6. The largest absolute Gasteiger partial charge is 0.379 e. The highest BCUT2D eigenvalue weighted by Crippen LogP contribution is 2.31. The zero-order valence-electron chi connectivity index (χ0n) is 18.1. The van der Waals surface area contributed by atoms with Crippen LogP contribution in [0.25, 0.3) is 0 Å². The van der Waals surface area contributed by atoms with E-state index in [0.717, 1.165) is 44.8 Å². The molecule has 2 aliphatic heterocycles. The maximum absolute atomic E-state index is 12.1. The van der Waals surface area contributed by atoms with Gasteiger partial charge in [-0.3, -0.25) is 14.7 Å². The first kappa shape index (κ1) is 22.2. The Morgan fingerprint density at radius 2 is 2.28 bits per heavy atom. The molecule has 1 amide bonds. The van der Waals surface area contributed by atoms with E-state index in [0.29, 0.717) is 31.5 Å². The first-order valence-corrected chi connectivity index (χ1v) is 11.3. The number of nitrogens with zero attached hydrogens (tertiary/aromatic N) is 2. The molecular formula is C23H38N4O2. The molecule has 0 radical (unpaired) electrons. The number of nitrogens with one attached hydrogen (secondary N) is 2. The van der Waals surface area contributed by atoms with Gasteiger partial charge in [0.15, 0.2) is 0 Å². The Bertz CT molecular complexity index is 610. The fourth-order valence-corrected chi connectivity index (χ4v) is 4.68. The summed E-state index contributed by atoms with van der Waals surface area (Å²) in [5.41, 5.74) is 1.30. The SMILES string of the molecule is CC(C)OCCCNC(=O)CCC[C@H]1NCC2CC1CN(Cc1cccnc1)C2. The van der Waals surface area contributed by atoms with Gasteiger partial charge in [0, 0.05) is 57.6 Å². The molecule has 2 aliphatic rings. The lowest BCUT2D eigenvalue weighted by Crippen LogP contribution is -2.55. The van der Waals surface area contributed by atoms with E-state index >= 15 is 0 Å². The summed E-state index contributed by atoms with van der Waals surface area (Å²) in [5.74, 6) is 1.61. The number of carbonyl (C=O) groups is 1. The van der Waals surface area contributed by atoms with E-state index in [9.17, 15) is 4.79 Å². The number of hydrogen-bond acceptors (Lipinski definition) is 5. The topological polar surface area (TPSA) is 66.5 Å². The van der Waals surface area contributed by atoms with Crippen LogP contribution < -0.4 is 10.6 Å². The van der Waals surface area contributed by atoms with Gasteiger partial charge in [0.05, 0.1) is 6.10 Å². The molecule has 6 nitrogen and oxygen atoms in total. The van der Waals surface area contributed by atoms with Crippen LogP contribution in [0.5, 0.6) is 0 Å². The molecule has 29 heavy (non-hydrogen) atoms. The number of amides is 1. The molecule has 2 fully saturated rings. The molecule has 0 spiro atoms. The molecule has 0 aromatic carbocycles. The van der Waals surface area contributed by atoms with Crippen molar-refractivity contribution in [2.75, 3.05) is 32.8 Å². The number of ether oxygens (including phenoxy) is 1. The molecule has 2 N–H and O–H groups in total. The van der Waals surface area contributed by atoms with Crippen molar-refractivity contribution < 1.29 is 9.53 Å². The van der Waals surface area contributed by atoms with Crippen molar-refractivity contribution in [3.63, 3.8) is 0 Å². The van der Waals surface area contributed by atoms with Crippen molar-refractivity contribution in [3.8, 4) is 0 Å². The highest BCUT2D eigenvalue weighted by molar-refractivity contribution is 5.75. The molecule has 0 aliphatic carbocycles. The molecule has 6 heteroatoms. The minimum absolute atomic E-state index is 0.171. The van der Waals surface area contributed by atoms with Crippen LogP contribution in [-0.2, 0) is 16.1 Å². The Kier molecular flexibility index (Phi) is 8.90. The number of hydrogen-bond donors (Lipinski definition) is 2. The van der Waals surface area contributed by atoms with Crippen LogP contribution in [-0.4, -0.2) is 60.7 Å². The Labute approximate surface area is 175 Å². The molecule has 3 heterocycles. The van der Waals surface area contributed by atoms with Gasteiger partial charge in [-0.25, -0.2) is 0 Å². The van der Waals surface area contributed by atoms with Crippen LogP contribution >= 0.6 is 0 Å². The third-order valence-electron chi connectivity index (χ3n) is 6.03. The van der Waals surface area contributed by atoms with E-state index in [4.69, 9.17) is 4.74 Å². The van der Waals surface area contributed by atoms with E-state index in [-0.39, 0.29) is 12.0 Å². The molecule has 1 aromatic heterocycles. The maximum atomic E-state index is 12.1. The normalized spacial score (nSPS) is 24.6. The number of pyridine rings is 1. The van der Waals surface area contributed by atoms with Crippen LogP contribution in [0, 0.1) is 11.8 Å². The number of aromatic nitrogens is 1. The van der Waals surface area contributed by atoms with Gasteiger partial charge < -0.3 is 15.4 Å². The zero-order valence-corrected chi connectivity index (χ0v) is 18.1. The quantitative estimate of drug-likeness (QED) is 0.557. The van der Waals surface area contributed by atoms with E-state index < -0.39 is 0 Å². The van der Waals surface area contributed by atoms with Crippen molar-refractivity contribution in [1.29, 1.82) is 0 Å². The van der Waals surface area contributed by atoms with E-state index in [1.165, 1.54) is 18.5 Å². The fraction of sp³-hybridized carbons (Fsp3) is 0.739. The number of carbonyl (C=O) groups excluding carboxylic acids is 1.